The number of nitrogens with zero attached hydrogens (tertiary/aromatic N) is 1. The normalized spacial score (nSPS) is 12.3. The quantitative estimate of drug-likeness (QED) is 0.111. The van der Waals surface area contributed by atoms with E-state index in [9.17, 15) is 10.1 Å². The monoisotopic (exact) mass is 528 g/mol. The lowest BCUT2D eigenvalue weighted by molar-refractivity contribution is -0.387. The third kappa shape index (κ3) is 7.26. The Morgan fingerprint density at radius 3 is 2.56 bits per heavy atom. The Labute approximate surface area is 188 Å². The predicted molar refractivity (Wildman–Crippen MR) is 120 cm³/mol. The van der Waals surface area contributed by atoms with E-state index in [2.05, 4.69) is 31.3 Å². The molecule has 0 aliphatic carbocycles. The lowest BCUT2D eigenvalue weighted by Gasteiger charge is -2.27. The van der Waals surface area contributed by atoms with Crippen molar-refractivity contribution in [3.8, 4) is 0 Å². The van der Waals surface area contributed by atoms with Crippen LogP contribution in [0.3, 0.4) is 0 Å². The summed E-state index contributed by atoms with van der Waals surface area (Å²) in [6.07, 6.45) is -0.931. The molecule has 3 N–H and O–H groups in total. The number of nitro groups is 1. The average molecular weight is 531 g/mol. The second kappa shape index (κ2) is 10.1. The van der Waals surface area contributed by atoms with Gasteiger partial charge in [-0.15, -0.1) is 0 Å². The molecule has 144 valence electrons. The summed E-state index contributed by atoms with van der Waals surface area (Å²) in [7, 11) is 0. The number of hydrogen-bond donors (Lipinski definition) is 3. The van der Waals surface area contributed by atoms with Crippen LogP contribution in [0.5, 0.6) is 0 Å². The Bertz CT molecular complexity index is 839. The Balaban J connectivity index is 2.06. The van der Waals surface area contributed by atoms with Gasteiger partial charge in [0.05, 0.1) is 4.92 Å². The summed E-state index contributed by atoms with van der Waals surface area (Å²) in [5.74, 6) is 0. The molecular formula is C15H12BrCl3N4O2S2. The van der Waals surface area contributed by atoms with E-state index in [1.54, 1.807) is 18.2 Å². The van der Waals surface area contributed by atoms with Gasteiger partial charge in [0.2, 0.25) is 3.79 Å². The molecule has 0 aliphatic rings. The summed E-state index contributed by atoms with van der Waals surface area (Å²) < 4.78 is 1.96. The Morgan fingerprint density at radius 2 is 1.93 bits per heavy atom. The van der Waals surface area contributed by atoms with E-state index < -0.39 is 14.9 Å². The van der Waals surface area contributed by atoms with Crippen molar-refractivity contribution in [1.29, 1.82) is 0 Å². The SMILES string of the molecule is O=[N+]([O-])c1ccccc1SN[C@H](NC(=S)Nc1cccc(Br)c1)C(Cl)(Cl)Cl. The topological polar surface area (TPSA) is 79.2 Å². The van der Waals surface area contributed by atoms with Crippen LogP contribution in [0.25, 0.3) is 0 Å². The third-order valence-corrected chi connectivity index (χ3v) is 5.32. The number of rotatable bonds is 6. The van der Waals surface area contributed by atoms with Gasteiger partial charge in [-0.3, -0.25) is 10.1 Å². The number of benzene rings is 2. The fourth-order valence-corrected chi connectivity index (χ4v) is 3.89. The van der Waals surface area contributed by atoms with E-state index in [4.69, 9.17) is 47.0 Å². The highest BCUT2D eigenvalue weighted by molar-refractivity contribution is 9.10. The standard InChI is InChI=1S/C15H12BrCl3N4O2S2/c16-9-4-3-5-10(8-9)20-14(26)21-13(15(17,18)19)22-27-12-7-2-1-6-11(12)23(24)25/h1-8,13,22H,(H2,20,21,26)/t13-/m0/s1. The van der Waals surface area contributed by atoms with Crippen LogP contribution in [-0.2, 0) is 0 Å². The first-order valence-electron chi connectivity index (χ1n) is 7.22. The summed E-state index contributed by atoms with van der Waals surface area (Å²) in [6, 6.07) is 13.6. The van der Waals surface area contributed by atoms with Crippen molar-refractivity contribution in [2.45, 2.75) is 14.9 Å². The summed E-state index contributed by atoms with van der Waals surface area (Å²) >= 11 is 27.6. The van der Waals surface area contributed by atoms with Gasteiger partial charge in [0.15, 0.2) is 5.11 Å². The van der Waals surface area contributed by atoms with Gasteiger partial charge in [-0.2, -0.15) is 0 Å². The maximum Gasteiger partial charge on any atom is 0.284 e. The van der Waals surface area contributed by atoms with Crippen LogP contribution in [-0.4, -0.2) is 20.0 Å². The fraction of sp³-hybridized carbons (Fsp3) is 0.133. The van der Waals surface area contributed by atoms with E-state index in [-0.39, 0.29) is 10.8 Å². The van der Waals surface area contributed by atoms with Crippen molar-refractivity contribution in [1.82, 2.24) is 10.0 Å². The Hall–Kier alpha value is -0.810. The van der Waals surface area contributed by atoms with Gasteiger partial charge in [-0.1, -0.05) is 68.9 Å². The maximum absolute atomic E-state index is 11.1. The molecule has 0 aliphatic heterocycles. The molecule has 0 radical (unpaired) electrons. The van der Waals surface area contributed by atoms with E-state index in [1.807, 2.05) is 24.3 Å². The van der Waals surface area contributed by atoms with E-state index >= 15 is 0 Å². The molecule has 0 fully saturated rings. The first kappa shape index (κ1) is 22.5. The maximum atomic E-state index is 11.1. The smallest absolute Gasteiger partial charge is 0.284 e. The number of nitrogens with one attached hydrogen (secondary N) is 3. The van der Waals surface area contributed by atoms with Crippen LogP contribution in [0.2, 0.25) is 0 Å². The van der Waals surface area contributed by atoms with Crippen LogP contribution in [0, 0.1) is 10.1 Å². The molecule has 2 rings (SSSR count). The van der Waals surface area contributed by atoms with Gasteiger partial charge in [-0.05, 0) is 48.4 Å². The molecular weight excluding hydrogens is 519 g/mol. The fourth-order valence-electron chi connectivity index (χ4n) is 1.86. The summed E-state index contributed by atoms with van der Waals surface area (Å²) in [6.45, 7) is 0. The van der Waals surface area contributed by atoms with E-state index in [1.165, 1.54) is 6.07 Å². The van der Waals surface area contributed by atoms with Gasteiger partial charge in [0, 0.05) is 16.2 Å². The minimum Gasteiger partial charge on any atom is -0.343 e. The molecule has 12 heteroatoms. The average Bonchev–Trinajstić information content (AvgIpc) is 2.57. The molecule has 0 saturated carbocycles. The van der Waals surface area contributed by atoms with Gasteiger partial charge < -0.3 is 10.6 Å². The van der Waals surface area contributed by atoms with Crippen molar-refractivity contribution in [2.24, 2.45) is 0 Å². The Morgan fingerprint density at radius 1 is 1.22 bits per heavy atom. The minimum atomic E-state index is -1.78. The molecule has 0 bridgehead atoms. The van der Waals surface area contributed by atoms with Gasteiger partial charge in [0.25, 0.3) is 5.69 Å². The zero-order chi connectivity index (χ0) is 20.0. The second-order valence-corrected chi connectivity index (χ2v) is 9.60. The number of halogens is 4. The summed E-state index contributed by atoms with van der Waals surface area (Å²) in [5.41, 5.74) is 0.671. The highest BCUT2D eigenvalue weighted by Gasteiger charge is 2.34. The zero-order valence-electron chi connectivity index (χ0n) is 13.3. The van der Waals surface area contributed by atoms with E-state index in [0.717, 1.165) is 22.1 Å². The van der Waals surface area contributed by atoms with Crippen molar-refractivity contribution in [3.63, 3.8) is 0 Å². The van der Waals surface area contributed by atoms with Gasteiger partial charge >= 0.3 is 0 Å². The number of nitro benzene ring substituents is 1. The minimum absolute atomic E-state index is 0.0621. The lowest BCUT2D eigenvalue weighted by Crippen LogP contribution is -2.52. The number of alkyl halides is 3. The van der Waals surface area contributed by atoms with Crippen LogP contribution >= 0.6 is 74.9 Å². The molecule has 6 nitrogen and oxygen atoms in total. The number of hydrogen-bond acceptors (Lipinski definition) is 5. The number of thiocarbonyl (C=S) groups is 1. The molecule has 1 atom stereocenters. The molecule has 2 aromatic carbocycles. The number of para-hydroxylation sites is 1. The third-order valence-electron chi connectivity index (χ3n) is 3.03. The molecule has 0 spiro atoms. The first-order chi connectivity index (χ1) is 12.7. The van der Waals surface area contributed by atoms with Gasteiger partial charge in [-0.25, -0.2) is 4.72 Å². The molecule has 0 heterocycles. The van der Waals surface area contributed by atoms with Crippen LogP contribution in [0.1, 0.15) is 0 Å². The summed E-state index contributed by atoms with van der Waals surface area (Å²) in [5, 5.41) is 17.1. The second-order valence-electron chi connectivity index (χ2n) is 5.03. The molecule has 27 heavy (non-hydrogen) atoms. The highest BCUT2D eigenvalue weighted by Crippen LogP contribution is 2.33. The molecule has 0 saturated heterocycles. The van der Waals surface area contributed by atoms with Crippen molar-refractivity contribution in [2.75, 3.05) is 5.32 Å². The zero-order valence-corrected chi connectivity index (χ0v) is 18.8. The van der Waals surface area contributed by atoms with Gasteiger partial charge in [0.1, 0.15) is 11.1 Å². The molecule has 2 aromatic rings. The van der Waals surface area contributed by atoms with Crippen LogP contribution < -0.4 is 15.4 Å². The largest absolute Gasteiger partial charge is 0.343 e. The predicted octanol–water partition coefficient (Wildman–Crippen LogP) is 5.64. The highest BCUT2D eigenvalue weighted by atomic mass is 79.9. The Kier molecular flexibility index (Phi) is 8.41. The van der Waals surface area contributed by atoms with Crippen LogP contribution in [0.4, 0.5) is 11.4 Å². The number of anilines is 1. The summed E-state index contributed by atoms with van der Waals surface area (Å²) in [4.78, 5) is 11.0. The van der Waals surface area contributed by atoms with Crippen molar-refractivity contribution < 1.29 is 4.92 Å². The lowest BCUT2D eigenvalue weighted by atomic mass is 10.3. The van der Waals surface area contributed by atoms with Crippen LogP contribution in [0.15, 0.2) is 57.9 Å². The molecule has 0 unspecified atom stereocenters. The molecule has 0 aromatic heterocycles. The molecule has 0 amide bonds. The first-order valence-corrected chi connectivity index (χ1v) is 10.4. The van der Waals surface area contributed by atoms with Crippen molar-refractivity contribution >= 4 is 91.4 Å². The van der Waals surface area contributed by atoms with E-state index in [0.29, 0.717) is 4.90 Å². The van der Waals surface area contributed by atoms with Crippen molar-refractivity contribution in [3.05, 3.63) is 63.1 Å².